The molecule has 3 N–H and O–H groups in total. The van der Waals surface area contributed by atoms with E-state index in [1.807, 2.05) is 67.6 Å². The normalized spacial score (nSPS) is 10.7. The van der Waals surface area contributed by atoms with Crippen molar-refractivity contribution in [3.8, 4) is 11.6 Å². The summed E-state index contributed by atoms with van der Waals surface area (Å²) in [6.45, 7) is 2.03. The highest BCUT2D eigenvalue weighted by molar-refractivity contribution is 5.84. The van der Waals surface area contributed by atoms with Gasteiger partial charge >= 0.3 is 0 Å². The number of fused-ring (bicyclic) bond motifs is 1. The molecule has 0 amide bonds. The average molecular weight is 342 g/mol. The first-order valence-corrected chi connectivity index (χ1v) is 8.30. The number of hydrogen-bond acceptors (Lipinski definition) is 5. The summed E-state index contributed by atoms with van der Waals surface area (Å²) in [5.74, 6) is 1.52. The summed E-state index contributed by atoms with van der Waals surface area (Å²) >= 11 is 0. The van der Waals surface area contributed by atoms with Gasteiger partial charge in [-0.3, -0.25) is 0 Å². The Labute approximate surface area is 151 Å². The number of ether oxygens (including phenoxy) is 1. The van der Waals surface area contributed by atoms with Gasteiger partial charge < -0.3 is 15.8 Å². The zero-order valence-corrected chi connectivity index (χ0v) is 14.3. The first-order chi connectivity index (χ1) is 12.7. The van der Waals surface area contributed by atoms with E-state index in [9.17, 15) is 0 Å². The molecule has 0 fully saturated rings. The van der Waals surface area contributed by atoms with Crippen LogP contribution in [0.4, 0.5) is 17.2 Å². The largest absolute Gasteiger partial charge is 0.437 e. The third-order valence-electron chi connectivity index (χ3n) is 4.06. The van der Waals surface area contributed by atoms with Crippen molar-refractivity contribution in [2.45, 2.75) is 6.92 Å². The molecule has 0 saturated heterocycles. The van der Waals surface area contributed by atoms with Crippen molar-refractivity contribution in [1.82, 2.24) is 9.97 Å². The maximum absolute atomic E-state index is 6.22. The van der Waals surface area contributed by atoms with E-state index in [4.69, 9.17) is 10.5 Å². The second-order valence-electron chi connectivity index (χ2n) is 6.05. The Hall–Kier alpha value is -3.60. The number of nitrogen functional groups attached to an aromatic ring is 1. The van der Waals surface area contributed by atoms with Crippen LogP contribution in [0.25, 0.3) is 10.8 Å². The van der Waals surface area contributed by atoms with Gasteiger partial charge in [0.05, 0.1) is 0 Å². The molecule has 0 aliphatic heterocycles. The number of aryl methyl sites for hydroxylation is 1. The molecule has 3 aromatic carbocycles. The molecule has 4 rings (SSSR count). The highest BCUT2D eigenvalue weighted by Crippen LogP contribution is 2.32. The minimum atomic E-state index is 0.324. The van der Waals surface area contributed by atoms with Gasteiger partial charge in [-0.05, 0) is 47.5 Å². The second kappa shape index (κ2) is 6.72. The molecule has 128 valence electrons. The molecule has 0 atom stereocenters. The van der Waals surface area contributed by atoms with Crippen LogP contribution in [-0.2, 0) is 0 Å². The maximum Gasteiger partial charge on any atom is 0.248 e. The molecule has 0 bridgehead atoms. The molecule has 26 heavy (non-hydrogen) atoms. The predicted octanol–water partition coefficient (Wildman–Crippen LogP) is 5.06. The van der Waals surface area contributed by atoms with Crippen LogP contribution in [0.15, 0.2) is 73.1 Å². The molecular weight excluding hydrogens is 324 g/mol. The number of nitrogens with zero attached hydrogens (tertiary/aromatic N) is 2. The first-order valence-electron chi connectivity index (χ1n) is 8.30. The molecule has 0 saturated carbocycles. The van der Waals surface area contributed by atoms with Crippen molar-refractivity contribution >= 4 is 28.0 Å². The fourth-order valence-electron chi connectivity index (χ4n) is 2.76. The Balaban J connectivity index is 1.62. The standard InChI is InChI=1S/C21H18N4O/c1-14-5-4-8-17(11-14)25-20-19(22)21(24-13-23-20)26-18-10-9-15-6-2-3-7-16(15)12-18/h2-13H,22H2,1H3,(H,23,24,25). The van der Waals surface area contributed by atoms with Crippen molar-refractivity contribution in [3.05, 3.63) is 78.6 Å². The molecule has 4 aromatic rings. The fourth-order valence-corrected chi connectivity index (χ4v) is 2.76. The third kappa shape index (κ3) is 3.28. The lowest BCUT2D eigenvalue weighted by atomic mass is 10.1. The van der Waals surface area contributed by atoms with Gasteiger partial charge in [0.2, 0.25) is 5.88 Å². The van der Waals surface area contributed by atoms with E-state index in [0.717, 1.165) is 22.0 Å². The molecule has 0 spiro atoms. The van der Waals surface area contributed by atoms with Crippen LogP contribution in [0, 0.1) is 6.92 Å². The Kier molecular flexibility index (Phi) is 4.11. The zero-order chi connectivity index (χ0) is 17.9. The smallest absolute Gasteiger partial charge is 0.248 e. The molecule has 5 heteroatoms. The molecular formula is C21H18N4O. The first kappa shape index (κ1) is 15.9. The lowest BCUT2D eigenvalue weighted by Gasteiger charge is -2.12. The molecule has 0 aliphatic rings. The van der Waals surface area contributed by atoms with Crippen molar-refractivity contribution in [1.29, 1.82) is 0 Å². The number of rotatable bonds is 4. The van der Waals surface area contributed by atoms with E-state index in [1.165, 1.54) is 6.33 Å². The van der Waals surface area contributed by atoms with Gasteiger partial charge in [-0.15, -0.1) is 0 Å². The summed E-state index contributed by atoms with van der Waals surface area (Å²) in [7, 11) is 0. The number of anilines is 3. The summed E-state index contributed by atoms with van der Waals surface area (Å²) in [6, 6.07) is 22.0. The van der Waals surface area contributed by atoms with Crippen LogP contribution in [0.2, 0.25) is 0 Å². The summed E-state index contributed by atoms with van der Waals surface area (Å²) in [4.78, 5) is 8.40. The highest BCUT2D eigenvalue weighted by Gasteiger charge is 2.11. The molecule has 0 aliphatic carbocycles. The summed E-state index contributed by atoms with van der Waals surface area (Å²) < 4.78 is 5.90. The monoisotopic (exact) mass is 342 g/mol. The molecule has 1 heterocycles. The van der Waals surface area contributed by atoms with Gasteiger partial charge in [0.1, 0.15) is 17.8 Å². The van der Waals surface area contributed by atoms with Crippen molar-refractivity contribution < 1.29 is 4.74 Å². The number of nitrogens with one attached hydrogen (secondary N) is 1. The molecule has 5 nitrogen and oxygen atoms in total. The third-order valence-corrected chi connectivity index (χ3v) is 4.06. The van der Waals surface area contributed by atoms with Gasteiger partial charge in [0, 0.05) is 5.69 Å². The van der Waals surface area contributed by atoms with E-state index in [-0.39, 0.29) is 0 Å². The number of nitrogens with two attached hydrogens (primary N) is 1. The molecule has 1 aromatic heterocycles. The zero-order valence-electron chi connectivity index (χ0n) is 14.3. The van der Waals surface area contributed by atoms with Crippen LogP contribution in [0.3, 0.4) is 0 Å². The van der Waals surface area contributed by atoms with Crippen LogP contribution in [0.5, 0.6) is 11.6 Å². The van der Waals surface area contributed by atoms with E-state index < -0.39 is 0 Å². The van der Waals surface area contributed by atoms with Gasteiger partial charge in [-0.1, -0.05) is 42.5 Å². The average Bonchev–Trinajstić information content (AvgIpc) is 2.65. The van der Waals surface area contributed by atoms with Crippen molar-refractivity contribution in [2.75, 3.05) is 11.1 Å². The number of hydrogen-bond donors (Lipinski definition) is 2. The fraction of sp³-hybridized carbons (Fsp3) is 0.0476. The Morgan fingerprint density at radius 3 is 2.58 bits per heavy atom. The van der Waals surface area contributed by atoms with Crippen molar-refractivity contribution in [2.24, 2.45) is 0 Å². The highest BCUT2D eigenvalue weighted by atomic mass is 16.5. The molecule has 0 unspecified atom stereocenters. The van der Waals surface area contributed by atoms with E-state index in [1.54, 1.807) is 0 Å². The lowest BCUT2D eigenvalue weighted by Crippen LogP contribution is -2.03. The minimum absolute atomic E-state index is 0.324. The number of benzene rings is 3. The lowest BCUT2D eigenvalue weighted by molar-refractivity contribution is 0.465. The van der Waals surface area contributed by atoms with Crippen LogP contribution in [-0.4, -0.2) is 9.97 Å². The Morgan fingerprint density at radius 2 is 1.73 bits per heavy atom. The minimum Gasteiger partial charge on any atom is -0.437 e. The SMILES string of the molecule is Cc1cccc(Nc2ncnc(Oc3ccc4ccccc4c3)c2N)c1. The predicted molar refractivity (Wildman–Crippen MR) is 105 cm³/mol. The topological polar surface area (TPSA) is 73.1 Å². The molecule has 0 radical (unpaired) electrons. The summed E-state index contributed by atoms with van der Waals surface area (Å²) in [5, 5.41) is 5.46. The number of aromatic nitrogens is 2. The summed E-state index contributed by atoms with van der Waals surface area (Å²) in [5.41, 5.74) is 8.64. The van der Waals surface area contributed by atoms with Crippen molar-refractivity contribution in [3.63, 3.8) is 0 Å². The van der Waals surface area contributed by atoms with Gasteiger partial charge in [0.15, 0.2) is 5.82 Å². The second-order valence-corrected chi connectivity index (χ2v) is 6.05. The quantitative estimate of drug-likeness (QED) is 0.542. The van der Waals surface area contributed by atoms with Crippen LogP contribution in [0.1, 0.15) is 5.56 Å². The van der Waals surface area contributed by atoms with E-state index >= 15 is 0 Å². The van der Waals surface area contributed by atoms with Gasteiger partial charge in [0.25, 0.3) is 0 Å². The van der Waals surface area contributed by atoms with Crippen LogP contribution >= 0.6 is 0 Å². The summed E-state index contributed by atoms with van der Waals surface area (Å²) in [6.07, 6.45) is 1.44. The maximum atomic E-state index is 6.22. The Morgan fingerprint density at radius 1 is 0.885 bits per heavy atom. The van der Waals surface area contributed by atoms with E-state index in [0.29, 0.717) is 23.1 Å². The van der Waals surface area contributed by atoms with Gasteiger partial charge in [-0.25, -0.2) is 4.98 Å². The van der Waals surface area contributed by atoms with Crippen LogP contribution < -0.4 is 15.8 Å². The van der Waals surface area contributed by atoms with Gasteiger partial charge in [-0.2, -0.15) is 4.98 Å². The Bertz CT molecular complexity index is 1080. The van der Waals surface area contributed by atoms with E-state index in [2.05, 4.69) is 21.4 Å².